The lowest BCUT2D eigenvalue weighted by molar-refractivity contribution is 0.724. The summed E-state index contributed by atoms with van der Waals surface area (Å²) in [4.78, 5) is 10.4. The molecule has 5 heteroatoms. The molecule has 1 heterocycles. The third-order valence-corrected chi connectivity index (χ3v) is 3.58. The summed E-state index contributed by atoms with van der Waals surface area (Å²) >= 11 is 6.03. The molecule has 19 heavy (non-hydrogen) atoms. The first-order chi connectivity index (χ1) is 9.00. The molecule has 0 fully saturated rings. The highest BCUT2D eigenvalue weighted by Crippen LogP contribution is 2.28. The van der Waals surface area contributed by atoms with E-state index in [4.69, 9.17) is 17.3 Å². The van der Waals surface area contributed by atoms with Crippen LogP contribution >= 0.6 is 11.6 Å². The Morgan fingerprint density at radius 3 is 2.74 bits per heavy atom. The number of benzene rings is 1. The van der Waals surface area contributed by atoms with Gasteiger partial charge in [0.1, 0.15) is 18.0 Å². The molecule has 2 N–H and O–H groups in total. The molecule has 0 radical (unpaired) electrons. The molecular formula is C14H17ClN4. The average Bonchev–Trinajstić information content (AvgIpc) is 2.40. The van der Waals surface area contributed by atoms with E-state index in [-0.39, 0.29) is 6.04 Å². The van der Waals surface area contributed by atoms with Crippen LogP contribution in [0, 0.1) is 6.92 Å². The van der Waals surface area contributed by atoms with Crippen molar-refractivity contribution in [3.8, 4) is 0 Å². The molecule has 0 aliphatic heterocycles. The fraction of sp³-hybridized carbons (Fsp3) is 0.286. The summed E-state index contributed by atoms with van der Waals surface area (Å²) in [5.41, 5.74) is 7.84. The van der Waals surface area contributed by atoms with Crippen LogP contribution in [-0.2, 0) is 0 Å². The second-order valence-corrected chi connectivity index (χ2v) is 4.99. The Hall–Kier alpha value is -1.81. The first-order valence-electron chi connectivity index (χ1n) is 6.06. The van der Waals surface area contributed by atoms with E-state index in [1.807, 2.05) is 38.2 Å². The zero-order valence-electron chi connectivity index (χ0n) is 11.3. The summed E-state index contributed by atoms with van der Waals surface area (Å²) in [5, 5.41) is 0.733. The van der Waals surface area contributed by atoms with Crippen LogP contribution in [0.15, 0.2) is 30.6 Å². The van der Waals surface area contributed by atoms with E-state index in [0.29, 0.717) is 5.82 Å². The van der Waals surface area contributed by atoms with E-state index in [1.54, 1.807) is 0 Å². The second kappa shape index (κ2) is 5.45. The van der Waals surface area contributed by atoms with Crippen molar-refractivity contribution in [3.63, 3.8) is 0 Å². The summed E-state index contributed by atoms with van der Waals surface area (Å²) in [6, 6.07) is 7.97. The van der Waals surface area contributed by atoms with E-state index < -0.39 is 0 Å². The highest BCUT2D eigenvalue weighted by atomic mass is 35.5. The van der Waals surface area contributed by atoms with Crippen molar-refractivity contribution in [2.24, 2.45) is 0 Å². The van der Waals surface area contributed by atoms with Gasteiger partial charge in [-0.1, -0.05) is 23.7 Å². The SMILES string of the molecule is Cc1c(N)ncnc1N(C)C(C)c1cccc(Cl)c1. The largest absolute Gasteiger partial charge is 0.383 e. The Labute approximate surface area is 118 Å². The van der Waals surface area contributed by atoms with Crippen LogP contribution in [-0.4, -0.2) is 17.0 Å². The quantitative estimate of drug-likeness (QED) is 0.935. The number of hydrogen-bond donors (Lipinski definition) is 1. The maximum absolute atomic E-state index is 6.03. The molecule has 1 aromatic heterocycles. The van der Waals surface area contributed by atoms with Gasteiger partial charge in [-0.2, -0.15) is 0 Å². The number of rotatable bonds is 3. The zero-order chi connectivity index (χ0) is 14.0. The predicted octanol–water partition coefficient (Wildman–Crippen LogP) is 3.22. The van der Waals surface area contributed by atoms with E-state index in [0.717, 1.165) is 22.0 Å². The van der Waals surface area contributed by atoms with Gasteiger partial charge < -0.3 is 10.6 Å². The monoisotopic (exact) mass is 276 g/mol. The van der Waals surface area contributed by atoms with Gasteiger partial charge in [0.15, 0.2) is 0 Å². The van der Waals surface area contributed by atoms with Crippen molar-refractivity contribution in [1.29, 1.82) is 0 Å². The number of aromatic nitrogens is 2. The molecule has 1 atom stereocenters. The van der Waals surface area contributed by atoms with Gasteiger partial charge in [0.05, 0.1) is 6.04 Å². The van der Waals surface area contributed by atoms with Crippen LogP contribution in [0.5, 0.6) is 0 Å². The lowest BCUT2D eigenvalue weighted by atomic mass is 10.1. The van der Waals surface area contributed by atoms with Gasteiger partial charge in [-0.3, -0.25) is 0 Å². The molecule has 0 spiro atoms. The van der Waals surface area contributed by atoms with E-state index in [9.17, 15) is 0 Å². The minimum Gasteiger partial charge on any atom is -0.383 e. The Morgan fingerprint density at radius 2 is 2.05 bits per heavy atom. The Balaban J connectivity index is 2.33. The summed E-state index contributed by atoms with van der Waals surface area (Å²) in [6.45, 7) is 4.02. The zero-order valence-corrected chi connectivity index (χ0v) is 12.0. The third kappa shape index (κ3) is 2.79. The fourth-order valence-corrected chi connectivity index (χ4v) is 2.18. The Morgan fingerprint density at radius 1 is 1.32 bits per heavy atom. The molecule has 2 aromatic rings. The average molecular weight is 277 g/mol. The van der Waals surface area contributed by atoms with E-state index >= 15 is 0 Å². The second-order valence-electron chi connectivity index (χ2n) is 4.55. The van der Waals surface area contributed by atoms with Gasteiger partial charge in [0.25, 0.3) is 0 Å². The highest BCUT2D eigenvalue weighted by Gasteiger charge is 2.16. The summed E-state index contributed by atoms with van der Waals surface area (Å²) < 4.78 is 0. The Kier molecular flexibility index (Phi) is 3.90. The minimum atomic E-state index is 0.145. The molecule has 0 amide bonds. The number of hydrogen-bond acceptors (Lipinski definition) is 4. The number of nitrogen functional groups attached to an aromatic ring is 1. The van der Waals surface area contributed by atoms with Crippen molar-refractivity contribution in [1.82, 2.24) is 9.97 Å². The van der Waals surface area contributed by atoms with Crippen LogP contribution < -0.4 is 10.6 Å². The van der Waals surface area contributed by atoms with Crippen LogP contribution in [0.3, 0.4) is 0 Å². The van der Waals surface area contributed by atoms with Gasteiger partial charge in [-0.25, -0.2) is 9.97 Å². The first kappa shape index (κ1) is 13.6. The highest BCUT2D eigenvalue weighted by molar-refractivity contribution is 6.30. The smallest absolute Gasteiger partial charge is 0.137 e. The molecule has 0 aliphatic carbocycles. The molecule has 0 saturated carbocycles. The van der Waals surface area contributed by atoms with Crippen molar-refractivity contribution in [3.05, 3.63) is 46.7 Å². The van der Waals surface area contributed by atoms with Crippen LogP contribution in [0.1, 0.15) is 24.1 Å². The standard InChI is InChI=1S/C14H17ClN4/c1-9-13(16)17-8-18-14(9)19(3)10(2)11-5-4-6-12(15)7-11/h4-8,10H,1-3H3,(H2,16,17,18). The van der Waals surface area contributed by atoms with Crippen molar-refractivity contribution in [2.75, 3.05) is 17.7 Å². The molecular weight excluding hydrogens is 260 g/mol. The van der Waals surface area contributed by atoms with Gasteiger partial charge >= 0.3 is 0 Å². The van der Waals surface area contributed by atoms with E-state index in [1.165, 1.54) is 6.33 Å². The van der Waals surface area contributed by atoms with Crippen LogP contribution in [0.2, 0.25) is 5.02 Å². The fourth-order valence-electron chi connectivity index (χ4n) is 1.98. The molecule has 1 aromatic carbocycles. The van der Waals surface area contributed by atoms with Crippen LogP contribution in [0.25, 0.3) is 0 Å². The van der Waals surface area contributed by atoms with Crippen molar-refractivity contribution < 1.29 is 0 Å². The third-order valence-electron chi connectivity index (χ3n) is 3.34. The van der Waals surface area contributed by atoms with Gasteiger partial charge in [-0.05, 0) is 31.5 Å². The number of anilines is 2. The predicted molar refractivity (Wildman–Crippen MR) is 79.5 cm³/mol. The molecule has 1 unspecified atom stereocenters. The van der Waals surface area contributed by atoms with Gasteiger partial charge in [0, 0.05) is 17.6 Å². The lowest BCUT2D eigenvalue weighted by Gasteiger charge is -2.27. The van der Waals surface area contributed by atoms with Gasteiger partial charge in [-0.15, -0.1) is 0 Å². The molecule has 2 rings (SSSR count). The normalized spacial score (nSPS) is 12.2. The first-order valence-corrected chi connectivity index (χ1v) is 6.44. The lowest BCUT2D eigenvalue weighted by Crippen LogP contribution is -2.24. The van der Waals surface area contributed by atoms with Crippen LogP contribution in [0.4, 0.5) is 11.6 Å². The molecule has 100 valence electrons. The minimum absolute atomic E-state index is 0.145. The van der Waals surface area contributed by atoms with Crippen molar-refractivity contribution in [2.45, 2.75) is 19.9 Å². The Bertz CT molecular complexity index is 585. The molecule has 0 aliphatic rings. The molecule has 0 saturated heterocycles. The summed E-state index contributed by atoms with van der Waals surface area (Å²) in [7, 11) is 1.99. The molecule has 4 nitrogen and oxygen atoms in total. The number of nitrogens with two attached hydrogens (primary N) is 1. The molecule has 0 bridgehead atoms. The maximum atomic E-state index is 6.03. The number of nitrogens with zero attached hydrogens (tertiary/aromatic N) is 3. The maximum Gasteiger partial charge on any atom is 0.137 e. The van der Waals surface area contributed by atoms with Gasteiger partial charge in [0.2, 0.25) is 0 Å². The van der Waals surface area contributed by atoms with Crippen molar-refractivity contribution >= 4 is 23.2 Å². The summed E-state index contributed by atoms with van der Waals surface area (Å²) in [6.07, 6.45) is 1.48. The summed E-state index contributed by atoms with van der Waals surface area (Å²) in [5.74, 6) is 1.34. The topological polar surface area (TPSA) is 55.0 Å². The van der Waals surface area contributed by atoms with E-state index in [2.05, 4.69) is 21.8 Å². The number of halogens is 1.